The Morgan fingerprint density at radius 2 is 2.14 bits per heavy atom. The number of anilines is 1. The molecule has 0 aromatic carbocycles. The quantitative estimate of drug-likeness (QED) is 0.833. The minimum Gasteiger partial charge on any atom is -0.393 e. The molecule has 1 fully saturated rings. The number of nitrogens with zero attached hydrogens (tertiary/aromatic N) is 2. The van der Waals surface area contributed by atoms with E-state index < -0.39 is 0 Å². The lowest BCUT2D eigenvalue weighted by molar-refractivity contribution is 0.145. The minimum atomic E-state index is -0.119. The molecule has 0 bridgehead atoms. The van der Waals surface area contributed by atoms with E-state index in [1.54, 1.807) is 12.4 Å². The highest BCUT2D eigenvalue weighted by molar-refractivity contribution is 9.10. The molecule has 1 aliphatic heterocycles. The molecule has 2 heterocycles. The van der Waals surface area contributed by atoms with E-state index in [0.717, 1.165) is 30.4 Å². The maximum atomic E-state index is 9.39. The number of rotatable bonds is 1. The normalized spacial score (nSPS) is 18.6. The first-order valence-electron chi connectivity index (χ1n) is 4.80. The SMILES string of the molecule is OC1CCN(c2ccncc2Br)CC1. The Labute approximate surface area is 91.9 Å². The second-order valence-corrected chi connectivity index (χ2v) is 4.40. The van der Waals surface area contributed by atoms with Gasteiger partial charge in [-0.1, -0.05) is 0 Å². The van der Waals surface area contributed by atoms with Crippen LogP contribution in [0, 0.1) is 0 Å². The third-order valence-electron chi connectivity index (χ3n) is 2.56. The molecule has 4 heteroatoms. The molecule has 2 rings (SSSR count). The van der Waals surface area contributed by atoms with Crippen LogP contribution in [0.3, 0.4) is 0 Å². The second-order valence-electron chi connectivity index (χ2n) is 3.55. The average Bonchev–Trinajstić information content (AvgIpc) is 2.20. The van der Waals surface area contributed by atoms with Crippen LogP contribution in [-0.2, 0) is 0 Å². The van der Waals surface area contributed by atoms with E-state index in [2.05, 4.69) is 25.8 Å². The summed E-state index contributed by atoms with van der Waals surface area (Å²) in [5.41, 5.74) is 1.17. The maximum Gasteiger partial charge on any atom is 0.0592 e. The Kier molecular flexibility index (Phi) is 3.03. The van der Waals surface area contributed by atoms with E-state index in [1.807, 2.05) is 6.07 Å². The summed E-state index contributed by atoms with van der Waals surface area (Å²) in [5, 5.41) is 9.39. The van der Waals surface area contributed by atoms with Gasteiger partial charge in [0.1, 0.15) is 0 Å². The molecule has 0 aliphatic carbocycles. The van der Waals surface area contributed by atoms with E-state index in [4.69, 9.17) is 0 Å². The smallest absolute Gasteiger partial charge is 0.0592 e. The molecule has 3 nitrogen and oxygen atoms in total. The molecular formula is C10H13BrN2O. The molecule has 1 aromatic heterocycles. The highest BCUT2D eigenvalue weighted by Crippen LogP contribution is 2.27. The molecule has 14 heavy (non-hydrogen) atoms. The van der Waals surface area contributed by atoms with Crippen LogP contribution in [0.5, 0.6) is 0 Å². The van der Waals surface area contributed by atoms with E-state index in [1.165, 1.54) is 5.69 Å². The Morgan fingerprint density at radius 1 is 1.43 bits per heavy atom. The van der Waals surface area contributed by atoms with Crippen molar-refractivity contribution >= 4 is 21.6 Å². The Balaban J connectivity index is 2.12. The van der Waals surface area contributed by atoms with Gasteiger partial charge in [-0.25, -0.2) is 0 Å². The number of halogens is 1. The Morgan fingerprint density at radius 3 is 2.79 bits per heavy atom. The van der Waals surface area contributed by atoms with Crippen molar-refractivity contribution in [1.82, 2.24) is 4.98 Å². The van der Waals surface area contributed by atoms with Crippen molar-refractivity contribution < 1.29 is 5.11 Å². The van der Waals surface area contributed by atoms with Crippen LogP contribution in [0.4, 0.5) is 5.69 Å². The molecule has 0 unspecified atom stereocenters. The van der Waals surface area contributed by atoms with Gasteiger partial charge in [0, 0.05) is 25.5 Å². The van der Waals surface area contributed by atoms with Crippen LogP contribution in [0.2, 0.25) is 0 Å². The first-order chi connectivity index (χ1) is 6.77. The van der Waals surface area contributed by atoms with E-state index >= 15 is 0 Å². The highest BCUT2D eigenvalue weighted by Gasteiger charge is 2.18. The third-order valence-corrected chi connectivity index (χ3v) is 3.17. The molecule has 1 N–H and O–H groups in total. The summed E-state index contributed by atoms with van der Waals surface area (Å²) in [4.78, 5) is 6.31. The number of hydrogen-bond donors (Lipinski definition) is 1. The number of aromatic nitrogens is 1. The van der Waals surface area contributed by atoms with Crippen LogP contribution in [0.15, 0.2) is 22.9 Å². The lowest BCUT2D eigenvalue weighted by Crippen LogP contribution is -2.35. The van der Waals surface area contributed by atoms with Crippen molar-refractivity contribution in [2.24, 2.45) is 0 Å². The van der Waals surface area contributed by atoms with E-state index in [9.17, 15) is 5.11 Å². The van der Waals surface area contributed by atoms with Crippen molar-refractivity contribution in [3.8, 4) is 0 Å². The number of piperidine rings is 1. The molecule has 0 amide bonds. The van der Waals surface area contributed by atoms with Gasteiger partial charge in [-0.2, -0.15) is 0 Å². The fourth-order valence-electron chi connectivity index (χ4n) is 1.73. The summed E-state index contributed by atoms with van der Waals surface area (Å²) in [7, 11) is 0. The van der Waals surface area contributed by atoms with E-state index in [0.29, 0.717) is 0 Å². The molecule has 1 aromatic rings. The van der Waals surface area contributed by atoms with Gasteiger partial charge in [0.25, 0.3) is 0 Å². The summed E-state index contributed by atoms with van der Waals surface area (Å²) < 4.78 is 1.02. The summed E-state index contributed by atoms with van der Waals surface area (Å²) in [6.07, 6.45) is 5.20. The van der Waals surface area contributed by atoms with Crippen LogP contribution in [0.25, 0.3) is 0 Å². The monoisotopic (exact) mass is 256 g/mol. The molecule has 76 valence electrons. The first kappa shape index (κ1) is 9.93. The predicted octanol–water partition coefficient (Wildman–Crippen LogP) is 1.81. The lowest BCUT2D eigenvalue weighted by Gasteiger charge is -2.31. The van der Waals surface area contributed by atoms with Crippen LogP contribution >= 0.6 is 15.9 Å². The number of pyridine rings is 1. The fraction of sp³-hybridized carbons (Fsp3) is 0.500. The zero-order valence-electron chi connectivity index (χ0n) is 7.86. The predicted molar refractivity (Wildman–Crippen MR) is 59.4 cm³/mol. The van der Waals surface area contributed by atoms with Crippen molar-refractivity contribution in [3.05, 3.63) is 22.9 Å². The van der Waals surface area contributed by atoms with Crippen molar-refractivity contribution in [3.63, 3.8) is 0 Å². The fourth-order valence-corrected chi connectivity index (χ4v) is 2.23. The molecule has 0 atom stereocenters. The topological polar surface area (TPSA) is 36.4 Å². The van der Waals surface area contributed by atoms with Gasteiger partial charge in [0.15, 0.2) is 0 Å². The molecule has 1 saturated heterocycles. The van der Waals surface area contributed by atoms with E-state index in [-0.39, 0.29) is 6.10 Å². The highest BCUT2D eigenvalue weighted by atomic mass is 79.9. The number of hydrogen-bond acceptors (Lipinski definition) is 3. The first-order valence-corrected chi connectivity index (χ1v) is 5.59. The van der Waals surface area contributed by atoms with Crippen LogP contribution in [0.1, 0.15) is 12.8 Å². The number of aliphatic hydroxyl groups excluding tert-OH is 1. The standard InChI is InChI=1S/C10H13BrN2O/c11-9-7-12-4-1-10(9)13-5-2-8(14)3-6-13/h1,4,7-8,14H,2-3,5-6H2. The largest absolute Gasteiger partial charge is 0.393 e. The van der Waals surface area contributed by atoms with Gasteiger partial charge in [-0.15, -0.1) is 0 Å². The van der Waals surface area contributed by atoms with Gasteiger partial charge in [0.2, 0.25) is 0 Å². The summed E-state index contributed by atoms with van der Waals surface area (Å²) in [6.45, 7) is 1.84. The third kappa shape index (κ3) is 2.07. The number of aliphatic hydroxyl groups is 1. The minimum absolute atomic E-state index is 0.119. The average molecular weight is 257 g/mol. The van der Waals surface area contributed by atoms with Gasteiger partial charge >= 0.3 is 0 Å². The zero-order valence-corrected chi connectivity index (χ0v) is 9.44. The Hall–Kier alpha value is -0.610. The summed E-state index contributed by atoms with van der Waals surface area (Å²) in [5.74, 6) is 0. The molecular weight excluding hydrogens is 244 g/mol. The Bertz CT molecular complexity index is 311. The summed E-state index contributed by atoms with van der Waals surface area (Å²) in [6, 6.07) is 2.00. The van der Waals surface area contributed by atoms with Gasteiger partial charge < -0.3 is 10.0 Å². The van der Waals surface area contributed by atoms with Gasteiger partial charge in [-0.05, 0) is 34.8 Å². The van der Waals surface area contributed by atoms with Crippen molar-refractivity contribution in [2.75, 3.05) is 18.0 Å². The maximum absolute atomic E-state index is 9.39. The van der Waals surface area contributed by atoms with Crippen LogP contribution < -0.4 is 4.90 Å². The van der Waals surface area contributed by atoms with Gasteiger partial charge in [0.05, 0.1) is 16.3 Å². The van der Waals surface area contributed by atoms with Crippen molar-refractivity contribution in [1.29, 1.82) is 0 Å². The molecule has 0 spiro atoms. The summed E-state index contributed by atoms with van der Waals surface area (Å²) >= 11 is 3.48. The zero-order chi connectivity index (χ0) is 9.97. The van der Waals surface area contributed by atoms with Gasteiger partial charge in [-0.3, -0.25) is 4.98 Å². The lowest BCUT2D eigenvalue weighted by atomic mass is 10.1. The van der Waals surface area contributed by atoms with Crippen LogP contribution in [-0.4, -0.2) is 29.3 Å². The molecule has 0 radical (unpaired) electrons. The van der Waals surface area contributed by atoms with Crippen molar-refractivity contribution in [2.45, 2.75) is 18.9 Å². The molecule has 1 aliphatic rings. The molecule has 0 saturated carbocycles. The second kappa shape index (κ2) is 4.28.